The molecule has 1 aromatic heterocycles. The minimum absolute atomic E-state index is 0.167. The first kappa shape index (κ1) is 12.9. The minimum atomic E-state index is -0.230. The predicted octanol–water partition coefficient (Wildman–Crippen LogP) is 1.23. The van der Waals surface area contributed by atoms with Crippen molar-refractivity contribution in [1.29, 1.82) is 0 Å². The second kappa shape index (κ2) is 5.39. The van der Waals surface area contributed by atoms with Gasteiger partial charge in [-0.05, 0) is 17.7 Å². The number of H-pyrrole nitrogens is 1. The van der Waals surface area contributed by atoms with Crippen molar-refractivity contribution in [2.75, 3.05) is 12.8 Å². The number of rotatable bonds is 3. The molecule has 0 aliphatic rings. The van der Waals surface area contributed by atoms with Gasteiger partial charge in [0.1, 0.15) is 0 Å². The zero-order valence-electron chi connectivity index (χ0n) is 10.6. The van der Waals surface area contributed by atoms with Gasteiger partial charge in [0, 0.05) is 31.5 Å². The zero-order chi connectivity index (χ0) is 13.8. The molecule has 19 heavy (non-hydrogen) atoms. The Labute approximate surface area is 110 Å². The highest BCUT2D eigenvalue weighted by atomic mass is 16.2. The fourth-order valence-electron chi connectivity index (χ4n) is 1.77. The molecule has 2 aromatic rings. The zero-order valence-corrected chi connectivity index (χ0v) is 10.6. The molecule has 0 bridgehead atoms. The molecule has 5 nitrogen and oxygen atoms in total. The fourth-order valence-corrected chi connectivity index (χ4v) is 1.77. The van der Waals surface area contributed by atoms with Crippen molar-refractivity contribution in [3.63, 3.8) is 0 Å². The second-order valence-corrected chi connectivity index (χ2v) is 4.30. The number of benzene rings is 1. The normalized spacial score (nSPS) is 10.2. The number of hydrogen-bond donors (Lipinski definition) is 2. The first-order chi connectivity index (χ1) is 9.08. The maximum Gasteiger partial charge on any atom is 0.255 e. The number of pyridine rings is 1. The summed E-state index contributed by atoms with van der Waals surface area (Å²) >= 11 is 0. The van der Waals surface area contributed by atoms with Crippen LogP contribution < -0.4 is 11.3 Å². The molecule has 1 heterocycles. The van der Waals surface area contributed by atoms with Gasteiger partial charge < -0.3 is 15.6 Å². The molecule has 0 aliphatic carbocycles. The molecule has 0 fully saturated rings. The molecule has 1 aromatic carbocycles. The number of carbonyl (C=O) groups excluding carboxylic acids is 1. The largest absolute Gasteiger partial charge is 0.398 e. The van der Waals surface area contributed by atoms with Crippen molar-refractivity contribution in [3.05, 3.63) is 64.1 Å². The van der Waals surface area contributed by atoms with Gasteiger partial charge >= 0.3 is 0 Å². The number of carbonyl (C=O) groups is 1. The van der Waals surface area contributed by atoms with Crippen LogP contribution in [0.15, 0.2) is 47.4 Å². The van der Waals surface area contributed by atoms with E-state index in [9.17, 15) is 9.59 Å². The maximum absolute atomic E-state index is 12.1. The number of nitrogen functional groups attached to an aromatic ring is 1. The van der Waals surface area contributed by atoms with Crippen LogP contribution in [0.5, 0.6) is 0 Å². The summed E-state index contributed by atoms with van der Waals surface area (Å²) in [6.45, 7) is 0.421. The summed E-state index contributed by atoms with van der Waals surface area (Å²) in [4.78, 5) is 27.1. The van der Waals surface area contributed by atoms with Crippen LogP contribution in [-0.2, 0) is 6.54 Å². The Morgan fingerprint density at radius 3 is 2.63 bits per heavy atom. The summed E-state index contributed by atoms with van der Waals surface area (Å²) in [6.07, 6.45) is 1.41. The molecule has 1 amide bonds. The van der Waals surface area contributed by atoms with Crippen LogP contribution in [0.1, 0.15) is 15.9 Å². The van der Waals surface area contributed by atoms with E-state index in [1.165, 1.54) is 18.3 Å². The molecule has 98 valence electrons. The van der Waals surface area contributed by atoms with E-state index in [0.29, 0.717) is 17.8 Å². The highest BCUT2D eigenvalue weighted by Gasteiger charge is 2.12. The van der Waals surface area contributed by atoms with Crippen molar-refractivity contribution in [3.8, 4) is 0 Å². The lowest BCUT2D eigenvalue weighted by atomic mass is 10.1. The lowest BCUT2D eigenvalue weighted by Gasteiger charge is -2.18. The molecule has 0 unspecified atom stereocenters. The molecule has 0 saturated heterocycles. The second-order valence-electron chi connectivity index (χ2n) is 4.30. The van der Waals surface area contributed by atoms with Gasteiger partial charge in [0.25, 0.3) is 5.91 Å². The average molecular weight is 257 g/mol. The third kappa shape index (κ3) is 3.01. The number of anilines is 1. The fraction of sp³-hybridized carbons (Fsp3) is 0.143. The SMILES string of the molecule is CN(Cc1ccccc1N)C(=O)c1ccc(=O)[nH]c1. The lowest BCUT2D eigenvalue weighted by Crippen LogP contribution is -2.27. The van der Waals surface area contributed by atoms with E-state index in [1.807, 2.05) is 18.2 Å². The summed E-state index contributed by atoms with van der Waals surface area (Å²) in [5.74, 6) is -0.167. The van der Waals surface area contributed by atoms with Gasteiger partial charge in [0.05, 0.1) is 5.56 Å². The number of hydrogen-bond acceptors (Lipinski definition) is 3. The standard InChI is InChI=1S/C14H15N3O2/c1-17(9-11-4-2-3-5-12(11)15)14(19)10-6-7-13(18)16-8-10/h2-8H,9,15H2,1H3,(H,16,18). The Hall–Kier alpha value is -2.56. The highest BCUT2D eigenvalue weighted by molar-refractivity contribution is 5.93. The summed E-state index contributed by atoms with van der Waals surface area (Å²) in [6, 6.07) is 10.2. The van der Waals surface area contributed by atoms with Gasteiger partial charge in [-0.25, -0.2) is 0 Å². The molecule has 0 saturated carbocycles. The summed E-state index contributed by atoms with van der Waals surface area (Å²) < 4.78 is 0. The maximum atomic E-state index is 12.1. The van der Waals surface area contributed by atoms with Crippen LogP contribution in [0.25, 0.3) is 0 Å². The van der Waals surface area contributed by atoms with E-state index in [1.54, 1.807) is 18.0 Å². The molecule has 0 spiro atoms. The lowest BCUT2D eigenvalue weighted by molar-refractivity contribution is 0.0785. The van der Waals surface area contributed by atoms with E-state index in [2.05, 4.69) is 4.98 Å². The van der Waals surface area contributed by atoms with E-state index in [0.717, 1.165) is 5.56 Å². The van der Waals surface area contributed by atoms with E-state index in [4.69, 9.17) is 5.73 Å². The smallest absolute Gasteiger partial charge is 0.255 e. The number of nitrogens with one attached hydrogen (secondary N) is 1. The first-order valence-corrected chi connectivity index (χ1v) is 5.85. The first-order valence-electron chi connectivity index (χ1n) is 5.85. The highest BCUT2D eigenvalue weighted by Crippen LogP contribution is 2.13. The molecule has 2 rings (SSSR count). The summed E-state index contributed by atoms with van der Waals surface area (Å²) in [5.41, 5.74) is 7.60. The van der Waals surface area contributed by atoms with Crippen molar-refractivity contribution in [2.45, 2.75) is 6.54 Å². The monoisotopic (exact) mass is 257 g/mol. The van der Waals surface area contributed by atoms with Crippen LogP contribution in [0.3, 0.4) is 0 Å². The van der Waals surface area contributed by atoms with Crippen LogP contribution in [0.4, 0.5) is 5.69 Å². The van der Waals surface area contributed by atoms with Gasteiger partial charge in [-0.1, -0.05) is 18.2 Å². The van der Waals surface area contributed by atoms with Crippen molar-refractivity contribution >= 4 is 11.6 Å². The molecule has 3 N–H and O–H groups in total. The Morgan fingerprint density at radius 1 is 1.26 bits per heavy atom. The minimum Gasteiger partial charge on any atom is -0.398 e. The van der Waals surface area contributed by atoms with E-state index < -0.39 is 0 Å². The van der Waals surface area contributed by atoms with Crippen molar-refractivity contribution < 1.29 is 4.79 Å². The van der Waals surface area contributed by atoms with Crippen molar-refractivity contribution in [1.82, 2.24) is 9.88 Å². The van der Waals surface area contributed by atoms with Gasteiger partial charge in [0.15, 0.2) is 0 Å². The summed E-state index contributed by atoms with van der Waals surface area (Å²) in [7, 11) is 1.69. The topological polar surface area (TPSA) is 79.2 Å². The Balaban J connectivity index is 2.14. The molecule has 0 atom stereocenters. The Morgan fingerprint density at radius 2 is 2.00 bits per heavy atom. The number of amides is 1. The number of nitrogens with zero attached hydrogens (tertiary/aromatic N) is 1. The van der Waals surface area contributed by atoms with Crippen LogP contribution in [-0.4, -0.2) is 22.8 Å². The third-order valence-electron chi connectivity index (χ3n) is 2.84. The molecular weight excluding hydrogens is 242 g/mol. The van der Waals surface area contributed by atoms with Gasteiger partial charge in [-0.2, -0.15) is 0 Å². The van der Waals surface area contributed by atoms with Gasteiger partial charge in [-0.15, -0.1) is 0 Å². The number of nitrogens with two attached hydrogens (primary N) is 1. The number of aromatic amines is 1. The molecule has 0 aliphatic heterocycles. The quantitative estimate of drug-likeness (QED) is 0.812. The number of aromatic nitrogens is 1. The Kier molecular flexibility index (Phi) is 3.66. The predicted molar refractivity (Wildman–Crippen MR) is 73.7 cm³/mol. The summed E-state index contributed by atoms with van der Waals surface area (Å²) in [5, 5.41) is 0. The van der Waals surface area contributed by atoms with Gasteiger partial charge in [-0.3, -0.25) is 9.59 Å². The van der Waals surface area contributed by atoms with E-state index in [-0.39, 0.29) is 11.5 Å². The Bertz CT molecular complexity index is 629. The number of para-hydroxylation sites is 1. The average Bonchev–Trinajstić information content (AvgIpc) is 2.41. The van der Waals surface area contributed by atoms with Crippen LogP contribution >= 0.6 is 0 Å². The molecular formula is C14H15N3O2. The van der Waals surface area contributed by atoms with Crippen LogP contribution in [0.2, 0.25) is 0 Å². The van der Waals surface area contributed by atoms with Crippen LogP contribution in [0, 0.1) is 0 Å². The van der Waals surface area contributed by atoms with E-state index >= 15 is 0 Å². The van der Waals surface area contributed by atoms with Gasteiger partial charge in [0.2, 0.25) is 5.56 Å². The molecule has 5 heteroatoms. The molecule has 0 radical (unpaired) electrons. The van der Waals surface area contributed by atoms with Crippen molar-refractivity contribution in [2.24, 2.45) is 0 Å². The third-order valence-corrected chi connectivity index (χ3v) is 2.84.